The summed E-state index contributed by atoms with van der Waals surface area (Å²) < 4.78 is 0. The SMILES string of the molecule is C=C(C)CC(O)(CC)CC. The Balaban J connectivity index is 3.92. The molecule has 0 aliphatic rings. The van der Waals surface area contributed by atoms with Gasteiger partial charge < -0.3 is 5.11 Å². The average Bonchev–Trinajstić information content (AvgIpc) is 1.87. The number of rotatable bonds is 4. The topological polar surface area (TPSA) is 20.2 Å². The molecule has 0 saturated carbocycles. The van der Waals surface area contributed by atoms with Crippen LogP contribution in [0.15, 0.2) is 12.2 Å². The van der Waals surface area contributed by atoms with Crippen molar-refractivity contribution in [3.8, 4) is 0 Å². The van der Waals surface area contributed by atoms with Crippen LogP contribution in [-0.4, -0.2) is 10.7 Å². The van der Waals surface area contributed by atoms with Crippen LogP contribution in [0.3, 0.4) is 0 Å². The lowest BCUT2D eigenvalue weighted by Gasteiger charge is -2.24. The zero-order valence-corrected chi connectivity index (χ0v) is 7.28. The summed E-state index contributed by atoms with van der Waals surface area (Å²) in [7, 11) is 0. The maximum atomic E-state index is 9.74. The van der Waals surface area contributed by atoms with Crippen LogP contribution in [0, 0.1) is 0 Å². The van der Waals surface area contributed by atoms with E-state index in [1.54, 1.807) is 0 Å². The Morgan fingerprint density at radius 3 is 1.90 bits per heavy atom. The van der Waals surface area contributed by atoms with E-state index in [1.165, 1.54) is 0 Å². The van der Waals surface area contributed by atoms with Crippen LogP contribution in [0.4, 0.5) is 0 Å². The van der Waals surface area contributed by atoms with Crippen molar-refractivity contribution < 1.29 is 5.11 Å². The maximum absolute atomic E-state index is 9.74. The van der Waals surface area contributed by atoms with Crippen LogP contribution in [0.2, 0.25) is 0 Å². The predicted molar refractivity (Wildman–Crippen MR) is 45.0 cm³/mol. The molecule has 0 rings (SSSR count). The Morgan fingerprint density at radius 1 is 1.40 bits per heavy atom. The Bertz CT molecular complexity index is 112. The van der Waals surface area contributed by atoms with E-state index in [0.717, 1.165) is 24.8 Å². The van der Waals surface area contributed by atoms with Gasteiger partial charge in [-0.2, -0.15) is 0 Å². The Morgan fingerprint density at radius 2 is 1.80 bits per heavy atom. The molecule has 0 amide bonds. The van der Waals surface area contributed by atoms with Crippen molar-refractivity contribution in [2.24, 2.45) is 0 Å². The second-order valence-corrected chi connectivity index (χ2v) is 3.07. The molecule has 60 valence electrons. The summed E-state index contributed by atoms with van der Waals surface area (Å²) in [6, 6.07) is 0. The molecule has 0 heterocycles. The fraction of sp³-hybridized carbons (Fsp3) is 0.778. The molecule has 0 atom stereocenters. The molecule has 0 aromatic rings. The van der Waals surface area contributed by atoms with Crippen molar-refractivity contribution in [3.63, 3.8) is 0 Å². The van der Waals surface area contributed by atoms with Crippen molar-refractivity contribution >= 4 is 0 Å². The number of hydrogen-bond acceptors (Lipinski definition) is 1. The Kier molecular flexibility index (Phi) is 3.66. The molecular weight excluding hydrogens is 124 g/mol. The third-order valence-corrected chi connectivity index (χ3v) is 1.95. The van der Waals surface area contributed by atoms with E-state index in [4.69, 9.17) is 0 Å². The van der Waals surface area contributed by atoms with Crippen molar-refractivity contribution in [2.45, 2.75) is 45.6 Å². The van der Waals surface area contributed by atoms with Gasteiger partial charge in [0.05, 0.1) is 5.60 Å². The van der Waals surface area contributed by atoms with Gasteiger partial charge in [0.2, 0.25) is 0 Å². The van der Waals surface area contributed by atoms with Crippen molar-refractivity contribution in [1.82, 2.24) is 0 Å². The summed E-state index contributed by atoms with van der Waals surface area (Å²) in [4.78, 5) is 0. The standard InChI is InChI=1S/C9H18O/c1-5-9(10,6-2)7-8(3)4/h10H,3,5-7H2,1-2,4H3. The summed E-state index contributed by atoms with van der Waals surface area (Å²) in [5.74, 6) is 0. The Hall–Kier alpha value is -0.300. The van der Waals surface area contributed by atoms with Crippen LogP contribution in [0.1, 0.15) is 40.0 Å². The second kappa shape index (κ2) is 3.77. The molecule has 0 aromatic carbocycles. The minimum atomic E-state index is -0.494. The number of hydrogen-bond donors (Lipinski definition) is 1. The highest BCUT2D eigenvalue weighted by Gasteiger charge is 2.21. The van der Waals surface area contributed by atoms with E-state index in [2.05, 4.69) is 6.58 Å². The van der Waals surface area contributed by atoms with E-state index in [-0.39, 0.29) is 0 Å². The highest BCUT2D eigenvalue weighted by Crippen LogP contribution is 2.22. The summed E-state index contributed by atoms with van der Waals surface area (Å²) in [5, 5.41) is 9.74. The third kappa shape index (κ3) is 3.02. The van der Waals surface area contributed by atoms with Crippen molar-refractivity contribution in [1.29, 1.82) is 0 Å². The molecule has 1 nitrogen and oxygen atoms in total. The van der Waals surface area contributed by atoms with Gasteiger partial charge in [0.25, 0.3) is 0 Å². The second-order valence-electron chi connectivity index (χ2n) is 3.07. The van der Waals surface area contributed by atoms with E-state index in [1.807, 2.05) is 20.8 Å². The fourth-order valence-corrected chi connectivity index (χ4v) is 1.06. The summed E-state index contributed by atoms with van der Waals surface area (Å²) in [5.41, 5.74) is 0.567. The number of aliphatic hydroxyl groups is 1. The monoisotopic (exact) mass is 142 g/mol. The van der Waals surface area contributed by atoms with Gasteiger partial charge in [0.1, 0.15) is 0 Å². The first kappa shape index (κ1) is 9.70. The minimum absolute atomic E-state index is 0.494. The van der Waals surface area contributed by atoms with Gasteiger partial charge in [0, 0.05) is 0 Å². The molecule has 0 aliphatic carbocycles. The zero-order valence-electron chi connectivity index (χ0n) is 7.28. The van der Waals surface area contributed by atoms with Crippen LogP contribution in [0.5, 0.6) is 0 Å². The lowest BCUT2D eigenvalue weighted by atomic mass is 9.90. The van der Waals surface area contributed by atoms with Gasteiger partial charge in [0.15, 0.2) is 0 Å². The van der Waals surface area contributed by atoms with Crippen molar-refractivity contribution in [3.05, 3.63) is 12.2 Å². The quantitative estimate of drug-likeness (QED) is 0.598. The van der Waals surface area contributed by atoms with Gasteiger partial charge in [-0.25, -0.2) is 0 Å². The molecule has 0 fully saturated rings. The fourth-order valence-electron chi connectivity index (χ4n) is 1.06. The van der Waals surface area contributed by atoms with Crippen molar-refractivity contribution in [2.75, 3.05) is 0 Å². The molecule has 1 heteroatoms. The first-order valence-corrected chi connectivity index (χ1v) is 3.91. The molecule has 0 aromatic heterocycles. The van der Waals surface area contributed by atoms with E-state index >= 15 is 0 Å². The van der Waals surface area contributed by atoms with Gasteiger partial charge in [-0.05, 0) is 26.2 Å². The highest BCUT2D eigenvalue weighted by atomic mass is 16.3. The first-order chi connectivity index (χ1) is 4.54. The molecule has 0 saturated heterocycles. The van der Waals surface area contributed by atoms with Gasteiger partial charge in [-0.15, -0.1) is 6.58 Å². The summed E-state index contributed by atoms with van der Waals surface area (Å²) >= 11 is 0. The van der Waals surface area contributed by atoms with E-state index in [0.29, 0.717) is 0 Å². The predicted octanol–water partition coefficient (Wildman–Crippen LogP) is 2.50. The molecule has 0 unspecified atom stereocenters. The molecule has 10 heavy (non-hydrogen) atoms. The molecule has 0 spiro atoms. The molecule has 0 aliphatic heterocycles. The van der Waals surface area contributed by atoms with E-state index < -0.39 is 5.60 Å². The summed E-state index contributed by atoms with van der Waals surface area (Å²) in [6.07, 6.45) is 2.37. The first-order valence-electron chi connectivity index (χ1n) is 3.91. The van der Waals surface area contributed by atoms with E-state index in [9.17, 15) is 5.11 Å². The highest BCUT2D eigenvalue weighted by molar-refractivity contribution is 4.96. The van der Waals surface area contributed by atoms with Crippen LogP contribution >= 0.6 is 0 Å². The maximum Gasteiger partial charge on any atom is 0.0679 e. The third-order valence-electron chi connectivity index (χ3n) is 1.95. The van der Waals surface area contributed by atoms with Crippen LogP contribution in [0.25, 0.3) is 0 Å². The largest absolute Gasteiger partial charge is 0.390 e. The Labute approximate surface area is 63.8 Å². The lowest BCUT2D eigenvalue weighted by molar-refractivity contribution is 0.0328. The van der Waals surface area contributed by atoms with Crippen LogP contribution < -0.4 is 0 Å². The van der Waals surface area contributed by atoms with Gasteiger partial charge in [-0.3, -0.25) is 0 Å². The molecule has 0 radical (unpaired) electrons. The van der Waals surface area contributed by atoms with Gasteiger partial charge in [-0.1, -0.05) is 19.4 Å². The smallest absolute Gasteiger partial charge is 0.0679 e. The normalized spacial score (nSPS) is 11.6. The lowest BCUT2D eigenvalue weighted by Crippen LogP contribution is -2.26. The molecular formula is C9H18O. The average molecular weight is 142 g/mol. The van der Waals surface area contributed by atoms with Gasteiger partial charge >= 0.3 is 0 Å². The summed E-state index contributed by atoms with van der Waals surface area (Å²) in [6.45, 7) is 9.74. The van der Waals surface area contributed by atoms with Crippen LogP contribution in [-0.2, 0) is 0 Å². The molecule has 1 N–H and O–H groups in total. The zero-order chi connectivity index (χ0) is 8.20. The molecule has 0 bridgehead atoms. The minimum Gasteiger partial charge on any atom is -0.390 e.